The third-order valence-electron chi connectivity index (χ3n) is 4.41. The predicted octanol–water partition coefficient (Wildman–Crippen LogP) is 4.83. The molecule has 1 nitrogen and oxygen atoms in total. The molecule has 1 aliphatic rings. The summed E-state index contributed by atoms with van der Waals surface area (Å²) in [5.74, 6) is 1.04. The van der Waals surface area contributed by atoms with Gasteiger partial charge in [0.05, 0.1) is 5.02 Å². The highest BCUT2D eigenvalue weighted by Gasteiger charge is 2.25. The van der Waals surface area contributed by atoms with Crippen molar-refractivity contribution >= 4 is 11.6 Å². The molecule has 0 bridgehead atoms. The predicted molar refractivity (Wildman–Crippen MR) is 83.7 cm³/mol. The van der Waals surface area contributed by atoms with Gasteiger partial charge in [0.2, 0.25) is 0 Å². The normalized spacial score (nSPS) is 22.9. The van der Waals surface area contributed by atoms with Crippen molar-refractivity contribution in [1.82, 2.24) is 5.32 Å². The van der Waals surface area contributed by atoms with Crippen LogP contribution in [0.2, 0.25) is 5.02 Å². The standard InChI is InChI=1S/C17H25ClFN/c1-2-10-20-12-15-7-4-3-6-13(15)11-14-8-5-9-16(19)17(14)18/h5,8-9,13,15,20H,2-4,6-7,10-12H2,1H3. The number of nitrogens with one attached hydrogen (secondary N) is 1. The van der Waals surface area contributed by atoms with E-state index in [-0.39, 0.29) is 5.82 Å². The Morgan fingerprint density at radius 2 is 2.00 bits per heavy atom. The molecule has 1 aromatic carbocycles. The molecule has 0 heterocycles. The van der Waals surface area contributed by atoms with E-state index in [4.69, 9.17) is 11.6 Å². The Morgan fingerprint density at radius 1 is 1.25 bits per heavy atom. The van der Waals surface area contributed by atoms with E-state index in [9.17, 15) is 4.39 Å². The Morgan fingerprint density at radius 3 is 2.75 bits per heavy atom. The molecule has 1 N–H and O–H groups in total. The van der Waals surface area contributed by atoms with Gasteiger partial charge in [-0.3, -0.25) is 0 Å². The summed E-state index contributed by atoms with van der Waals surface area (Å²) in [5, 5.41) is 3.86. The van der Waals surface area contributed by atoms with Gasteiger partial charge in [-0.25, -0.2) is 4.39 Å². The fourth-order valence-corrected chi connectivity index (χ4v) is 3.48. The Kier molecular flexibility index (Phi) is 6.31. The number of benzene rings is 1. The van der Waals surface area contributed by atoms with Crippen molar-refractivity contribution in [1.29, 1.82) is 0 Å². The van der Waals surface area contributed by atoms with Crippen LogP contribution in [-0.2, 0) is 6.42 Å². The molecule has 0 aliphatic heterocycles. The van der Waals surface area contributed by atoms with Crippen LogP contribution in [0.15, 0.2) is 18.2 Å². The van der Waals surface area contributed by atoms with E-state index in [1.807, 2.05) is 6.07 Å². The minimum absolute atomic E-state index is 0.291. The highest BCUT2D eigenvalue weighted by molar-refractivity contribution is 6.31. The average Bonchev–Trinajstić information content (AvgIpc) is 2.46. The molecule has 1 saturated carbocycles. The van der Waals surface area contributed by atoms with E-state index < -0.39 is 0 Å². The molecule has 2 unspecified atom stereocenters. The molecule has 1 aliphatic carbocycles. The molecule has 2 atom stereocenters. The minimum atomic E-state index is -0.291. The maximum Gasteiger partial charge on any atom is 0.142 e. The van der Waals surface area contributed by atoms with Crippen LogP contribution in [0.25, 0.3) is 0 Å². The van der Waals surface area contributed by atoms with Crippen molar-refractivity contribution in [2.45, 2.75) is 45.4 Å². The largest absolute Gasteiger partial charge is 0.316 e. The summed E-state index contributed by atoms with van der Waals surface area (Å²) >= 11 is 6.10. The van der Waals surface area contributed by atoms with Crippen LogP contribution in [-0.4, -0.2) is 13.1 Å². The molecule has 20 heavy (non-hydrogen) atoms. The summed E-state index contributed by atoms with van der Waals surface area (Å²) < 4.78 is 13.5. The molecule has 112 valence electrons. The van der Waals surface area contributed by atoms with Crippen molar-refractivity contribution in [2.24, 2.45) is 11.8 Å². The molecule has 0 aromatic heterocycles. The van der Waals surface area contributed by atoms with Crippen LogP contribution in [0.4, 0.5) is 4.39 Å². The number of hydrogen-bond donors (Lipinski definition) is 1. The topological polar surface area (TPSA) is 12.0 Å². The highest BCUT2D eigenvalue weighted by atomic mass is 35.5. The van der Waals surface area contributed by atoms with Crippen LogP contribution in [0.3, 0.4) is 0 Å². The van der Waals surface area contributed by atoms with Crippen molar-refractivity contribution in [2.75, 3.05) is 13.1 Å². The van der Waals surface area contributed by atoms with Gasteiger partial charge in [-0.05, 0) is 62.2 Å². The second-order valence-corrected chi connectivity index (χ2v) is 6.30. The van der Waals surface area contributed by atoms with Gasteiger partial charge in [0, 0.05) is 0 Å². The quantitative estimate of drug-likeness (QED) is 0.742. The Bertz CT molecular complexity index is 421. The van der Waals surface area contributed by atoms with Gasteiger partial charge in [-0.15, -0.1) is 0 Å². The first-order chi connectivity index (χ1) is 9.72. The van der Waals surface area contributed by atoms with E-state index in [1.165, 1.54) is 38.2 Å². The van der Waals surface area contributed by atoms with Gasteiger partial charge in [-0.2, -0.15) is 0 Å². The fraction of sp³-hybridized carbons (Fsp3) is 0.647. The molecule has 0 saturated heterocycles. The lowest BCUT2D eigenvalue weighted by atomic mass is 9.76. The van der Waals surface area contributed by atoms with E-state index >= 15 is 0 Å². The molecule has 1 fully saturated rings. The third kappa shape index (κ3) is 4.20. The first-order valence-electron chi connectivity index (χ1n) is 7.86. The molecule has 0 amide bonds. The van der Waals surface area contributed by atoms with E-state index in [2.05, 4.69) is 12.2 Å². The van der Waals surface area contributed by atoms with E-state index in [1.54, 1.807) is 6.07 Å². The Hall–Kier alpha value is -0.600. The molecular weight excluding hydrogens is 273 g/mol. The third-order valence-corrected chi connectivity index (χ3v) is 4.84. The summed E-state index contributed by atoms with van der Waals surface area (Å²) in [6.45, 7) is 4.37. The first-order valence-corrected chi connectivity index (χ1v) is 8.23. The van der Waals surface area contributed by atoms with Gasteiger partial charge in [0.15, 0.2) is 0 Å². The first kappa shape index (κ1) is 15.8. The van der Waals surface area contributed by atoms with Gasteiger partial charge >= 0.3 is 0 Å². The van der Waals surface area contributed by atoms with Gasteiger partial charge < -0.3 is 5.32 Å². The summed E-state index contributed by atoms with van der Waals surface area (Å²) in [5.41, 5.74) is 0.971. The van der Waals surface area contributed by atoms with E-state index in [0.29, 0.717) is 16.9 Å². The maximum atomic E-state index is 13.5. The zero-order chi connectivity index (χ0) is 14.4. The molecule has 2 rings (SSSR count). The summed E-state index contributed by atoms with van der Waals surface area (Å²) in [7, 11) is 0. The number of halogens is 2. The lowest BCUT2D eigenvalue weighted by Crippen LogP contribution is -2.32. The van der Waals surface area contributed by atoms with Crippen molar-refractivity contribution in [3.8, 4) is 0 Å². The second-order valence-electron chi connectivity index (χ2n) is 5.93. The van der Waals surface area contributed by atoms with Gasteiger partial charge in [0.1, 0.15) is 5.82 Å². The zero-order valence-electron chi connectivity index (χ0n) is 12.3. The van der Waals surface area contributed by atoms with Crippen LogP contribution in [0.1, 0.15) is 44.6 Å². The Balaban J connectivity index is 1.99. The minimum Gasteiger partial charge on any atom is -0.316 e. The van der Waals surface area contributed by atoms with Crippen LogP contribution in [0, 0.1) is 17.7 Å². The summed E-state index contributed by atoms with van der Waals surface area (Å²) in [4.78, 5) is 0. The zero-order valence-corrected chi connectivity index (χ0v) is 13.1. The summed E-state index contributed by atoms with van der Waals surface area (Å²) in [6.07, 6.45) is 7.23. The number of rotatable bonds is 6. The van der Waals surface area contributed by atoms with Gasteiger partial charge in [0.25, 0.3) is 0 Å². The summed E-state index contributed by atoms with van der Waals surface area (Å²) in [6, 6.07) is 5.17. The van der Waals surface area contributed by atoms with Crippen LogP contribution in [0.5, 0.6) is 0 Å². The smallest absolute Gasteiger partial charge is 0.142 e. The molecular formula is C17H25ClFN. The van der Waals surface area contributed by atoms with Crippen LogP contribution >= 0.6 is 11.6 Å². The van der Waals surface area contributed by atoms with Crippen molar-refractivity contribution in [3.63, 3.8) is 0 Å². The SMILES string of the molecule is CCCNCC1CCCCC1Cc1cccc(F)c1Cl. The molecule has 3 heteroatoms. The lowest BCUT2D eigenvalue weighted by Gasteiger charge is -2.32. The molecule has 0 spiro atoms. The van der Waals surface area contributed by atoms with Crippen molar-refractivity contribution in [3.05, 3.63) is 34.6 Å². The monoisotopic (exact) mass is 297 g/mol. The lowest BCUT2D eigenvalue weighted by molar-refractivity contribution is 0.228. The average molecular weight is 298 g/mol. The number of hydrogen-bond acceptors (Lipinski definition) is 1. The highest BCUT2D eigenvalue weighted by Crippen LogP contribution is 2.34. The van der Waals surface area contributed by atoms with Crippen LogP contribution < -0.4 is 5.32 Å². The maximum absolute atomic E-state index is 13.5. The molecule has 1 aromatic rings. The Labute approximate surface area is 126 Å². The second kappa shape index (κ2) is 7.99. The van der Waals surface area contributed by atoms with Gasteiger partial charge in [-0.1, -0.05) is 43.5 Å². The molecule has 0 radical (unpaired) electrons. The van der Waals surface area contributed by atoms with E-state index in [0.717, 1.165) is 25.1 Å². The van der Waals surface area contributed by atoms with Crippen molar-refractivity contribution < 1.29 is 4.39 Å². The fourth-order valence-electron chi connectivity index (χ4n) is 3.27.